The minimum Gasteiger partial charge on any atom is -0.495 e. The molecule has 0 spiro atoms. The van der Waals surface area contributed by atoms with Crippen LogP contribution in [0.1, 0.15) is 10.4 Å². The maximum Gasteiger partial charge on any atom is 0.343 e. The molecule has 92 valence electrons. The van der Waals surface area contributed by atoms with Gasteiger partial charge in [0.05, 0.1) is 17.7 Å². The number of hydrogen-bond donors (Lipinski definition) is 0. The van der Waals surface area contributed by atoms with Gasteiger partial charge in [0.2, 0.25) is 0 Å². The van der Waals surface area contributed by atoms with E-state index in [4.69, 9.17) is 21.1 Å². The lowest BCUT2D eigenvalue weighted by atomic mass is 10.2. The van der Waals surface area contributed by atoms with Crippen molar-refractivity contribution >= 4 is 17.6 Å². The van der Waals surface area contributed by atoms with E-state index in [9.17, 15) is 4.79 Å². The average molecular weight is 263 g/mol. The summed E-state index contributed by atoms with van der Waals surface area (Å²) in [6.07, 6.45) is 0. The molecule has 0 N–H and O–H groups in total. The van der Waals surface area contributed by atoms with Crippen LogP contribution in [-0.2, 0) is 0 Å². The van der Waals surface area contributed by atoms with Crippen molar-refractivity contribution in [3.63, 3.8) is 0 Å². The van der Waals surface area contributed by atoms with Crippen LogP contribution in [0, 0.1) is 0 Å². The van der Waals surface area contributed by atoms with Crippen molar-refractivity contribution in [1.82, 2.24) is 0 Å². The predicted molar refractivity (Wildman–Crippen MR) is 69.4 cm³/mol. The molecule has 2 aromatic carbocycles. The quantitative estimate of drug-likeness (QED) is 0.627. The Hall–Kier alpha value is -2.00. The number of benzene rings is 2. The molecule has 0 aliphatic carbocycles. The van der Waals surface area contributed by atoms with Crippen molar-refractivity contribution in [1.29, 1.82) is 0 Å². The van der Waals surface area contributed by atoms with Gasteiger partial charge in [-0.15, -0.1) is 0 Å². The topological polar surface area (TPSA) is 35.5 Å². The zero-order valence-electron chi connectivity index (χ0n) is 9.72. The first kappa shape index (κ1) is 12.5. The smallest absolute Gasteiger partial charge is 0.343 e. The normalized spacial score (nSPS) is 9.89. The third-order valence-electron chi connectivity index (χ3n) is 2.34. The molecule has 18 heavy (non-hydrogen) atoms. The van der Waals surface area contributed by atoms with Gasteiger partial charge in [-0.2, -0.15) is 0 Å². The van der Waals surface area contributed by atoms with Crippen LogP contribution in [0.3, 0.4) is 0 Å². The standard InChI is InChI=1S/C14H11ClO3/c1-17-13-8-7-11(9-12(13)15)18-14(16)10-5-3-2-4-6-10/h2-9H,1H3. The fraction of sp³-hybridized carbons (Fsp3) is 0.0714. The molecule has 0 radical (unpaired) electrons. The summed E-state index contributed by atoms with van der Waals surface area (Å²) in [6.45, 7) is 0. The lowest BCUT2D eigenvalue weighted by molar-refractivity contribution is 0.0734. The average Bonchev–Trinajstić information content (AvgIpc) is 2.40. The summed E-state index contributed by atoms with van der Waals surface area (Å²) in [4.78, 5) is 11.8. The first-order valence-electron chi connectivity index (χ1n) is 5.31. The van der Waals surface area contributed by atoms with Gasteiger partial charge in [-0.3, -0.25) is 0 Å². The SMILES string of the molecule is COc1ccc(OC(=O)c2ccccc2)cc1Cl. The number of halogens is 1. The van der Waals surface area contributed by atoms with Crippen LogP contribution < -0.4 is 9.47 Å². The molecule has 2 aromatic rings. The monoisotopic (exact) mass is 262 g/mol. The number of methoxy groups -OCH3 is 1. The second-order valence-corrected chi connectivity index (χ2v) is 3.96. The van der Waals surface area contributed by atoms with E-state index in [-0.39, 0.29) is 0 Å². The van der Waals surface area contributed by atoms with Crippen LogP contribution >= 0.6 is 11.6 Å². The molecule has 0 aliphatic rings. The maximum absolute atomic E-state index is 11.8. The predicted octanol–water partition coefficient (Wildman–Crippen LogP) is 3.57. The van der Waals surface area contributed by atoms with Crippen LogP contribution in [0.15, 0.2) is 48.5 Å². The summed E-state index contributed by atoms with van der Waals surface area (Å²) in [5.74, 6) is 0.502. The lowest BCUT2D eigenvalue weighted by Gasteiger charge is -2.07. The largest absolute Gasteiger partial charge is 0.495 e. The number of carbonyl (C=O) groups excluding carboxylic acids is 1. The highest BCUT2D eigenvalue weighted by Gasteiger charge is 2.09. The van der Waals surface area contributed by atoms with Crippen molar-refractivity contribution in [3.05, 3.63) is 59.1 Å². The molecule has 0 aromatic heterocycles. The molecule has 0 fully saturated rings. The van der Waals surface area contributed by atoms with Crippen molar-refractivity contribution in [2.75, 3.05) is 7.11 Å². The Morgan fingerprint density at radius 1 is 1.11 bits per heavy atom. The molecule has 0 saturated heterocycles. The van der Waals surface area contributed by atoms with E-state index in [1.165, 1.54) is 7.11 Å². The molecule has 0 amide bonds. The van der Waals surface area contributed by atoms with Gasteiger partial charge < -0.3 is 9.47 Å². The van der Waals surface area contributed by atoms with E-state index in [1.54, 1.807) is 42.5 Å². The van der Waals surface area contributed by atoms with Crippen LogP contribution in [-0.4, -0.2) is 13.1 Å². The number of hydrogen-bond acceptors (Lipinski definition) is 3. The fourth-order valence-corrected chi connectivity index (χ4v) is 1.70. The van der Waals surface area contributed by atoms with E-state index in [1.807, 2.05) is 6.07 Å². The Balaban J connectivity index is 2.15. The van der Waals surface area contributed by atoms with Gasteiger partial charge in [0.25, 0.3) is 0 Å². The lowest BCUT2D eigenvalue weighted by Crippen LogP contribution is -2.08. The Kier molecular flexibility index (Phi) is 3.85. The Morgan fingerprint density at radius 2 is 1.83 bits per heavy atom. The fourth-order valence-electron chi connectivity index (χ4n) is 1.45. The highest BCUT2D eigenvalue weighted by Crippen LogP contribution is 2.28. The van der Waals surface area contributed by atoms with Gasteiger partial charge in [-0.25, -0.2) is 4.79 Å². The van der Waals surface area contributed by atoms with E-state index in [2.05, 4.69) is 0 Å². The Labute approximate surface area is 110 Å². The Bertz CT molecular complexity index is 552. The summed E-state index contributed by atoms with van der Waals surface area (Å²) in [6, 6.07) is 13.6. The van der Waals surface area contributed by atoms with Crippen LogP contribution in [0.4, 0.5) is 0 Å². The molecule has 0 saturated carbocycles. The third kappa shape index (κ3) is 2.81. The third-order valence-corrected chi connectivity index (χ3v) is 2.64. The zero-order chi connectivity index (χ0) is 13.0. The second kappa shape index (κ2) is 5.56. The summed E-state index contributed by atoms with van der Waals surface area (Å²) < 4.78 is 10.2. The van der Waals surface area contributed by atoms with Crippen molar-refractivity contribution in [2.24, 2.45) is 0 Å². The number of ether oxygens (including phenoxy) is 2. The number of carbonyl (C=O) groups is 1. The zero-order valence-corrected chi connectivity index (χ0v) is 10.5. The van der Waals surface area contributed by atoms with Crippen LogP contribution in [0.25, 0.3) is 0 Å². The minimum atomic E-state index is -0.420. The van der Waals surface area contributed by atoms with Gasteiger partial charge in [0.1, 0.15) is 11.5 Å². The molecule has 4 heteroatoms. The van der Waals surface area contributed by atoms with E-state index < -0.39 is 5.97 Å². The van der Waals surface area contributed by atoms with Gasteiger partial charge in [-0.05, 0) is 24.3 Å². The van der Waals surface area contributed by atoms with E-state index >= 15 is 0 Å². The summed E-state index contributed by atoms with van der Waals surface area (Å²) >= 11 is 5.94. The van der Waals surface area contributed by atoms with Crippen LogP contribution in [0.2, 0.25) is 5.02 Å². The van der Waals surface area contributed by atoms with Crippen molar-refractivity contribution in [2.45, 2.75) is 0 Å². The molecule has 0 unspecified atom stereocenters. The van der Waals surface area contributed by atoms with Crippen LogP contribution in [0.5, 0.6) is 11.5 Å². The maximum atomic E-state index is 11.8. The summed E-state index contributed by atoms with van der Waals surface area (Å²) in [5, 5.41) is 0.399. The number of rotatable bonds is 3. The molecule has 0 heterocycles. The molecule has 0 atom stereocenters. The van der Waals surface area contributed by atoms with Gasteiger partial charge in [0.15, 0.2) is 0 Å². The Morgan fingerprint density at radius 3 is 2.44 bits per heavy atom. The minimum absolute atomic E-state index is 0.384. The molecule has 3 nitrogen and oxygen atoms in total. The molecule has 0 aliphatic heterocycles. The van der Waals surface area contributed by atoms with Gasteiger partial charge >= 0.3 is 5.97 Å². The number of esters is 1. The highest BCUT2D eigenvalue weighted by atomic mass is 35.5. The molecule has 2 rings (SSSR count). The van der Waals surface area contributed by atoms with Crippen molar-refractivity contribution < 1.29 is 14.3 Å². The van der Waals surface area contributed by atoms with Gasteiger partial charge in [0, 0.05) is 6.07 Å². The van der Waals surface area contributed by atoms with Gasteiger partial charge in [-0.1, -0.05) is 29.8 Å². The van der Waals surface area contributed by atoms with E-state index in [0.717, 1.165) is 0 Å². The van der Waals surface area contributed by atoms with E-state index in [0.29, 0.717) is 22.1 Å². The highest BCUT2D eigenvalue weighted by molar-refractivity contribution is 6.32. The summed E-state index contributed by atoms with van der Waals surface area (Å²) in [5.41, 5.74) is 0.490. The van der Waals surface area contributed by atoms with Crippen molar-refractivity contribution in [3.8, 4) is 11.5 Å². The molecule has 0 bridgehead atoms. The molecular formula is C14H11ClO3. The second-order valence-electron chi connectivity index (χ2n) is 3.55. The summed E-state index contributed by atoms with van der Waals surface area (Å²) in [7, 11) is 1.52. The first-order valence-corrected chi connectivity index (χ1v) is 5.69. The first-order chi connectivity index (χ1) is 8.70. The molecular weight excluding hydrogens is 252 g/mol.